The van der Waals surface area contributed by atoms with Gasteiger partial charge in [0.2, 0.25) is 0 Å². The fourth-order valence-corrected chi connectivity index (χ4v) is 5.35. The molecule has 0 bridgehead atoms. The lowest BCUT2D eigenvalue weighted by atomic mass is 9.73. The van der Waals surface area contributed by atoms with Crippen LogP contribution in [0.1, 0.15) is 90.4 Å². The maximum absolute atomic E-state index is 12.9. The highest BCUT2D eigenvalue weighted by molar-refractivity contribution is 5.73. The number of rotatable bonds is 4. The molecule has 176 valence electrons. The largest absolute Gasteiger partial charge is 0.465 e. The van der Waals surface area contributed by atoms with Gasteiger partial charge in [0.25, 0.3) is 0 Å². The molecule has 0 N–H and O–H groups in total. The van der Waals surface area contributed by atoms with Crippen molar-refractivity contribution in [1.82, 2.24) is 0 Å². The number of esters is 1. The molecule has 3 aliphatic carbocycles. The maximum Gasteiger partial charge on any atom is 0.310 e. The molecular formula is C29H38N2O2. The lowest BCUT2D eigenvalue weighted by molar-refractivity contribution is -0.151. The standard InChI is InChI=1S/C29H38N2O2/c1-2-3-18-33-29(32)28-19-24(9-4-22-5-10-25(20-30)11-6-22)15-17-27(28)16-14-23-7-12-26(21-31)13-8-23/h22-28H,2-3,5-8,10-13,15,17-19H2,1H3. The van der Waals surface area contributed by atoms with Crippen molar-refractivity contribution in [2.75, 3.05) is 6.61 Å². The van der Waals surface area contributed by atoms with Crippen molar-refractivity contribution < 1.29 is 9.53 Å². The molecule has 4 heteroatoms. The lowest BCUT2D eigenvalue weighted by Gasteiger charge is -2.30. The minimum absolute atomic E-state index is 0.0527. The Labute approximate surface area is 200 Å². The van der Waals surface area contributed by atoms with E-state index < -0.39 is 0 Å². The second-order valence-electron chi connectivity index (χ2n) is 10.2. The number of carbonyl (C=O) groups is 1. The van der Waals surface area contributed by atoms with Crippen LogP contribution in [0.2, 0.25) is 0 Å². The van der Waals surface area contributed by atoms with Crippen molar-refractivity contribution in [3.05, 3.63) is 0 Å². The van der Waals surface area contributed by atoms with Crippen LogP contribution in [0.3, 0.4) is 0 Å². The first kappa shape index (κ1) is 25.2. The van der Waals surface area contributed by atoms with Crippen molar-refractivity contribution in [2.24, 2.45) is 41.4 Å². The third kappa shape index (κ3) is 7.83. The van der Waals surface area contributed by atoms with Crippen molar-refractivity contribution in [3.8, 4) is 35.8 Å². The van der Waals surface area contributed by atoms with Crippen molar-refractivity contribution in [2.45, 2.75) is 90.4 Å². The first-order valence-electron chi connectivity index (χ1n) is 13.1. The van der Waals surface area contributed by atoms with E-state index in [1.165, 1.54) is 0 Å². The molecule has 0 heterocycles. The smallest absolute Gasteiger partial charge is 0.310 e. The molecule has 3 unspecified atom stereocenters. The van der Waals surface area contributed by atoms with Crippen molar-refractivity contribution >= 4 is 5.97 Å². The van der Waals surface area contributed by atoms with E-state index in [9.17, 15) is 4.79 Å². The van der Waals surface area contributed by atoms with Gasteiger partial charge in [-0.2, -0.15) is 10.5 Å². The Morgan fingerprint density at radius 1 is 0.727 bits per heavy atom. The molecule has 0 aromatic heterocycles. The average molecular weight is 447 g/mol. The van der Waals surface area contributed by atoms with Gasteiger partial charge in [0.1, 0.15) is 0 Å². The number of ether oxygens (including phenoxy) is 1. The molecule has 0 amide bonds. The summed E-state index contributed by atoms with van der Waals surface area (Å²) in [5.41, 5.74) is 0. The third-order valence-corrected chi connectivity index (χ3v) is 7.68. The Bertz CT molecular complexity index is 843. The predicted molar refractivity (Wildman–Crippen MR) is 128 cm³/mol. The molecule has 3 fully saturated rings. The van der Waals surface area contributed by atoms with E-state index in [1.54, 1.807) is 0 Å². The number of nitriles is 2. The SMILES string of the molecule is CCCCOC(=O)C1CC(C#CC2CCC(C#N)CC2)CCC1C#CC1CCC(C#N)CC1. The van der Waals surface area contributed by atoms with Crippen LogP contribution < -0.4 is 0 Å². The normalized spacial score (nSPS) is 33.7. The zero-order chi connectivity index (χ0) is 23.5. The molecule has 3 aliphatic rings. The maximum atomic E-state index is 12.9. The Balaban J connectivity index is 1.60. The van der Waals surface area contributed by atoms with E-state index in [1.807, 2.05) is 0 Å². The van der Waals surface area contributed by atoms with Crippen LogP contribution in [0.25, 0.3) is 0 Å². The fraction of sp³-hybridized carbons (Fsp3) is 0.759. The summed E-state index contributed by atoms with van der Waals surface area (Å²) in [5, 5.41) is 18.2. The highest BCUT2D eigenvalue weighted by atomic mass is 16.5. The predicted octanol–water partition coefficient (Wildman–Crippen LogP) is 6.03. The second-order valence-corrected chi connectivity index (χ2v) is 10.2. The third-order valence-electron chi connectivity index (χ3n) is 7.68. The van der Waals surface area contributed by atoms with Crippen LogP contribution in [-0.2, 0) is 9.53 Å². The zero-order valence-corrected chi connectivity index (χ0v) is 20.2. The topological polar surface area (TPSA) is 73.9 Å². The Morgan fingerprint density at radius 3 is 1.76 bits per heavy atom. The minimum atomic E-state index is -0.188. The van der Waals surface area contributed by atoms with Crippen LogP contribution in [-0.4, -0.2) is 12.6 Å². The summed E-state index contributed by atoms with van der Waals surface area (Å²) in [6.45, 7) is 2.59. The summed E-state index contributed by atoms with van der Waals surface area (Å²) in [6, 6.07) is 4.77. The monoisotopic (exact) mass is 446 g/mol. The number of carbonyl (C=O) groups excluding carboxylic acids is 1. The van der Waals surface area contributed by atoms with E-state index in [-0.39, 0.29) is 35.6 Å². The van der Waals surface area contributed by atoms with Crippen LogP contribution in [0.15, 0.2) is 0 Å². The van der Waals surface area contributed by atoms with E-state index in [0.717, 1.165) is 83.5 Å². The molecular weight excluding hydrogens is 408 g/mol. The van der Waals surface area contributed by atoms with Gasteiger partial charge >= 0.3 is 5.97 Å². The molecule has 3 saturated carbocycles. The molecule has 0 saturated heterocycles. The molecule has 4 nitrogen and oxygen atoms in total. The van der Waals surface area contributed by atoms with Crippen molar-refractivity contribution in [1.29, 1.82) is 10.5 Å². The van der Waals surface area contributed by atoms with Crippen LogP contribution >= 0.6 is 0 Å². The van der Waals surface area contributed by atoms with Gasteiger partial charge in [-0.25, -0.2) is 0 Å². The Morgan fingerprint density at radius 2 is 1.21 bits per heavy atom. The number of unbranched alkanes of at least 4 members (excludes halogenated alkanes) is 1. The molecule has 0 aliphatic heterocycles. The first-order chi connectivity index (χ1) is 16.1. The van der Waals surface area contributed by atoms with Gasteiger partial charge in [-0.15, -0.1) is 0 Å². The molecule has 0 radical (unpaired) electrons. The molecule has 3 rings (SSSR count). The Kier molecular flexibility index (Phi) is 10.2. The van der Waals surface area contributed by atoms with E-state index >= 15 is 0 Å². The Hall–Kier alpha value is -2.43. The first-order valence-corrected chi connectivity index (χ1v) is 13.1. The van der Waals surface area contributed by atoms with Gasteiger partial charge < -0.3 is 4.74 Å². The number of nitrogens with zero attached hydrogens (tertiary/aromatic N) is 2. The molecule has 0 aromatic rings. The lowest BCUT2D eigenvalue weighted by Crippen LogP contribution is -2.32. The summed E-state index contributed by atoms with van der Waals surface area (Å²) in [4.78, 5) is 12.9. The minimum Gasteiger partial charge on any atom is -0.465 e. The molecule has 3 atom stereocenters. The number of hydrogen-bond acceptors (Lipinski definition) is 4. The second kappa shape index (κ2) is 13.3. The van der Waals surface area contributed by atoms with E-state index in [2.05, 4.69) is 42.7 Å². The summed E-state index contributed by atoms with van der Waals surface area (Å²) < 4.78 is 5.62. The van der Waals surface area contributed by atoms with Crippen molar-refractivity contribution in [3.63, 3.8) is 0 Å². The van der Waals surface area contributed by atoms with Gasteiger partial charge in [0.05, 0.1) is 24.7 Å². The van der Waals surface area contributed by atoms with Crippen LogP contribution in [0.5, 0.6) is 0 Å². The summed E-state index contributed by atoms with van der Waals surface area (Å²) >= 11 is 0. The zero-order valence-electron chi connectivity index (χ0n) is 20.2. The van der Waals surface area contributed by atoms with Gasteiger partial charge in [-0.3, -0.25) is 4.79 Å². The number of hydrogen-bond donors (Lipinski definition) is 0. The van der Waals surface area contributed by atoms with Crippen LogP contribution in [0, 0.1) is 87.8 Å². The van der Waals surface area contributed by atoms with Gasteiger partial charge in [-0.05, 0) is 77.0 Å². The van der Waals surface area contributed by atoms with Crippen LogP contribution in [0.4, 0.5) is 0 Å². The highest BCUT2D eigenvalue weighted by Gasteiger charge is 2.35. The van der Waals surface area contributed by atoms with Gasteiger partial charge in [-0.1, -0.05) is 37.0 Å². The highest BCUT2D eigenvalue weighted by Crippen LogP contribution is 2.36. The summed E-state index contributed by atoms with van der Waals surface area (Å²) in [7, 11) is 0. The van der Waals surface area contributed by atoms with E-state index in [4.69, 9.17) is 15.3 Å². The molecule has 0 aromatic carbocycles. The van der Waals surface area contributed by atoms with Gasteiger partial charge in [0, 0.05) is 35.5 Å². The molecule has 0 spiro atoms. The fourth-order valence-electron chi connectivity index (χ4n) is 5.35. The van der Waals surface area contributed by atoms with E-state index in [0.29, 0.717) is 18.4 Å². The van der Waals surface area contributed by atoms with Gasteiger partial charge in [0.15, 0.2) is 0 Å². The summed E-state index contributed by atoms with van der Waals surface area (Å²) in [6.07, 6.45) is 12.3. The quantitative estimate of drug-likeness (QED) is 0.300. The average Bonchev–Trinajstić information content (AvgIpc) is 2.87. The molecule has 33 heavy (non-hydrogen) atoms. The summed E-state index contributed by atoms with van der Waals surface area (Å²) in [5.74, 6) is 15.0.